The SMILES string of the molecule is Cc1cnc(Nc2ccc(OCCN3CCC(CN4CC5CCC(C4)N5c4cc5c(cc4F)C(=O)N(C4CCC(=O)NC4=O)C5=O)CC3)cc2)nc1Nc1cccc(S(=O)(=O)NC(C)(C)C)c1. The molecule has 354 valence electrons. The fourth-order valence-corrected chi connectivity index (χ4v) is 11.5. The maximum absolute atomic E-state index is 15.8. The average Bonchev–Trinajstić information content (AvgIpc) is 3.67. The number of carbonyl (C=O) groups excluding carboxylic acids is 4. The topological polar surface area (TPSA) is 199 Å². The quantitative estimate of drug-likeness (QED) is 0.118. The summed E-state index contributed by atoms with van der Waals surface area (Å²) < 4.78 is 50.4. The van der Waals surface area contributed by atoms with Gasteiger partial charge in [-0.1, -0.05) is 6.07 Å². The molecular weight excluding hydrogens is 880 g/mol. The molecule has 1 aromatic heterocycles. The van der Waals surface area contributed by atoms with E-state index in [9.17, 15) is 27.6 Å². The smallest absolute Gasteiger partial charge is 0.262 e. The molecule has 4 aromatic rings. The van der Waals surface area contributed by atoms with Gasteiger partial charge in [-0.05, 0) is 133 Å². The van der Waals surface area contributed by atoms with Crippen molar-refractivity contribution < 1.29 is 36.7 Å². The minimum atomic E-state index is -3.71. The molecule has 5 aliphatic rings. The number of anilines is 5. The highest BCUT2D eigenvalue weighted by atomic mass is 32.2. The third-order valence-corrected chi connectivity index (χ3v) is 14.9. The van der Waals surface area contributed by atoms with Gasteiger partial charge in [-0.15, -0.1) is 0 Å². The normalized spacial score (nSPS) is 21.7. The predicted molar refractivity (Wildman–Crippen MR) is 250 cm³/mol. The number of piperidine rings is 2. The molecule has 67 heavy (non-hydrogen) atoms. The Morgan fingerprint density at radius 2 is 1.55 bits per heavy atom. The number of ether oxygens (including phenoxy) is 1. The first-order chi connectivity index (χ1) is 32.0. The lowest BCUT2D eigenvalue weighted by Crippen LogP contribution is -2.55. The average molecular weight is 937 g/mol. The van der Waals surface area contributed by atoms with E-state index >= 15 is 4.39 Å². The summed E-state index contributed by atoms with van der Waals surface area (Å²) in [4.78, 5) is 68.1. The molecule has 4 N–H and O–H groups in total. The first-order valence-electron chi connectivity index (χ1n) is 23.0. The van der Waals surface area contributed by atoms with E-state index in [1.54, 1.807) is 51.2 Å². The second-order valence-corrected chi connectivity index (χ2v) is 21.0. The molecule has 6 heterocycles. The number of halogens is 1. The van der Waals surface area contributed by atoms with Crippen LogP contribution in [0.15, 0.2) is 71.8 Å². The Kier molecular flexibility index (Phi) is 12.8. The number of nitrogens with one attached hydrogen (secondary N) is 4. The fraction of sp³-hybridized carbons (Fsp3) is 0.458. The van der Waals surface area contributed by atoms with Crippen LogP contribution in [0.5, 0.6) is 5.75 Å². The number of benzene rings is 3. The highest BCUT2D eigenvalue weighted by Gasteiger charge is 2.47. The molecule has 5 aliphatic heterocycles. The molecule has 9 rings (SSSR count). The monoisotopic (exact) mass is 936 g/mol. The highest BCUT2D eigenvalue weighted by molar-refractivity contribution is 7.89. The van der Waals surface area contributed by atoms with Crippen LogP contribution in [0.3, 0.4) is 0 Å². The van der Waals surface area contributed by atoms with Crippen LogP contribution in [0, 0.1) is 18.7 Å². The maximum Gasteiger partial charge on any atom is 0.262 e. The number of fused-ring (bicyclic) bond motifs is 3. The van der Waals surface area contributed by atoms with Crippen molar-refractivity contribution in [3.05, 3.63) is 89.4 Å². The minimum Gasteiger partial charge on any atom is -0.492 e. The number of hydrogen-bond donors (Lipinski definition) is 4. The van der Waals surface area contributed by atoms with Gasteiger partial charge in [0, 0.05) is 73.4 Å². The Hall–Kier alpha value is -6.02. The van der Waals surface area contributed by atoms with E-state index in [0.717, 1.165) is 92.9 Å². The van der Waals surface area contributed by atoms with Gasteiger partial charge in [0.1, 0.15) is 30.0 Å². The number of sulfonamides is 1. The van der Waals surface area contributed by atoms with E-state index in [-0.39, 0.29) is 40.9 Å². The van der Waals surface area contributed by atoms with Crippen molar-refractivity contribution >= 4 is 62.5 Å². The maximum atomic E-state index is 15.8. The summed E-state index contributed by atoms with van der Waals surface area (Å²) in [5.74, 6) is -0.796. The van der Waals surface area contributed by atoms with Gasteiger partial charge in [0.2, 0.25) is 27.8 Å². The lowest BCUT2D eigenvalue weighted by molar-refractivity contribution is -0.136. The molecular formula is C48H57FN10O7S. The number of amides is 4. The molecule has 0 radical (unpaired) electrons. The van der Waals surface area contributed by atoms with Crippen molar-refractivity contribution in [3.63, 3.8) is 0 Å². The van der Waals surface area contributed by atoms with Crippen molar-refractivity contribution in [2.45, 2.75) is 94.8 Å². The van der Waals surface area contributed by atoms with Crippen LogP contribution >= 0.6 is 0 Å². The van der Waals surface area contributed by atoms with Crippen molar-refractivity contribution in [1.82, 2.24) is 34.7 Å². The lowest BCUT2D eigenvalue weighted by atomic mass is 9.95. The Morgan fingerprint density at radius 3 is 2.24 bits per heavy atom. The number of imide groups is 2. The van der Waals surface area contributed by atoms with E-state index in [0.29, 0.717) is 35.7 Å². The molecule has 2 bridgehead atoms. The van der Waals surface area contributed by atoms with Crippen LogP contribution in [0.2, 0.25) is 0 Å². The predicted octanol–water partition coefficient (Wildman–Crippen LogP) is 5.33. The summed E-state index contributed by atoms with van der Waals surface area (Å²) in [6.45, 7) is 13.2. The van der Waals surface area contributed by atoms with Gasteiger partial charge in [0.05, 0.1) is 21.7 Å². The van der Waals surface area contributed by atoms with Crippen LogP contribution in [-0.2, 0) is 19.6 Å². The van der Waals surface area contributed by atoms with Crippen molar-refractivity contribution in [3.8, 4) is 5.75 Å². The Bertz CT molecular complexity index is 2680. The Labute approximate surface area is 389 Å². The molecule has 0 saturated carbocycles. The van der Waals surface area contributed by atoms with Gasteiger partial charge in [0.15, 0.2) is 0 Å². The lowest BCUT2D eigenvalue weighted by Gasteiger charge is -2.44. The zero-order chi connectivity index (χ0) is 47.2. The number of aryl methyl sites for hydroxylation is 1. The molecule has 3 atom stereocenters. The van der Waals surface area contributed by atoms with Crippen molar-refractivity contribution in [2.75, 3.05) is 61.4 Å². The summed E-state index contributed by atoms with van der Waals surface area (Å²) in [5.41, 5.74) is 1.91. The summed E-state index contributed by atoms with van der Waals surface area (Å²) in [6, 6.07) is 15.9. The van der Waals surface area contributed by atoms with Crippen molar-refractivity contribution in [1.29, 1.82) is 0 Å². The minimum absolute atomic E-state index is 0.0202. The van der Waals surface area contributed by atoms with E-state index in [1.165, 1.54) is 6.07 Å². The largest absolute Gasteiger partial charge is 0.492 e. The van der Waals surface area contributed by atoms with Crippen LogP contribution in [-0.4, -0.2) is 126 Å². The van der Waals surface area contributed by atoms with Crippen LogP contribution in [0.25, 0.3) is 0 Å². The summed E-state index contributed by atoms with van der Waals surface area (Å²) >= 11 is 0. The van der Waals surface area contributed by atoms with Crippen LogP contribution in [0.1, 0.15) is 85.6 Å². The molecule has 0 spiro atoms. The Balaban J connectivity index is 0.715. The third-order valence-electron chi connectivity index (χ3n) is 13.2. The molecule has 3 aromatic carbocycles. The zero-order valence-corrected chi connectivity index (χ0v) is 39.0. The third kappa shape index (κ3) is 10.1. The highest BCUT2D eigenvalue weighted by Crippen LogP contribution is 2.40. The van der Waals surface area contributed by atoms with Gasteiger partial charge in [-0.25, -0.2) is 22.5 Å². The molecule has 4 fully saturated rings. The second kappa shape index (κ2) is 18.6. The molecule has 19 heteroatoms. The number of aromatic nitrogens is 2. The van der Waals surface area contributed by atoms with E-state index in [1.807, 2.05) is 31.2 Å². The summed E-state index contributed by atoms with van der Waals surface area (Å²) in [6.07, 6.45) is 5.75. The summed E-state index contributed by atoms with van der Waals surface area (Å²) in [5, 5.41) is 8.67. The zero-order valence-electron chi connectivity index (χ0n) is 38.2. The molecule has 3 unspecified atom stereocenters. The number of rotatable bonds is 14. The van der Waals surface area contributed by atoms with E-state index in [2.05, 4.69) is 45.3 Å². The van der Waals surface area contributed by atoms with E-state index in [4.69, 9.17) is 4.74 Å². The van der Waals surface area contributed by atoms with Crippen LogP contribution < -0.4 is 30.3 Å². The summed E-state index contributed by atoms with van der Waals surface area (Å²) in [7, 11) is -3.71. The second-order valence-electron chi connectivity index (χ2n) is 19.3. The Morgan fingerprint density at radius 1 is 0.851 bits per heavy atom. The van der Waals surface area contributed by atoms with Crippen molar-refractivity contribution in [2.24, 2.45) is 5.92 Å². The van der Waals surface area contributed by atoms with Gasteiger partial charge >= 0.3 is 0 Å². The van der Waals surface area contributed by atoms with Gasteiger partial charge in [-0.3, -0.25) is 39.2 Å². The first-order valence-corrected chi connectivity index (χ1v) is 24.5. The standard InChI is InChI=1S/C48H57FN10O7S/c1-29-25-50-47(54-43(29)51-32-6-5-7-36(22-32)67(64,65)55-48(2,3)4)52-31-8-12-35(13-9-31)66-21-20-56-18-16-30(17-19-56)26-57-27-33-10-11-34(28-57)58(33)41-24-38-37(23-39(41)49)45(62)59(46(38)63)40-14-15-42(60)53-44(40)61/h5-9,12-13,22-25,30,33-34,40,55H,10-11,14-21,26-28H2,1-4H3,(H,53,60,61)(H2,50,51,52,54). The number of hydrogen-bond acceptors (Lipinski definition) is 14. The fourth-order valence-electron chi connectivity index (χ4n) is 9.99. The molecule has 17 nitrogen and oxygen atoms in total. The number of nitrogens with zero attached hydrogens (tertiary/aromatic N) is 6. The first kappa shape index (κ1) is 46.1. The van der Waals surface area contributed by atoms with Gasteiger partial charge in [-0.2, -0.15) is 4.98 Å². The molecule has 0 aliphatic carbocycles. The van der Waals surface area contributed by atoms with Gasteiger partial charge in [0.25, 0.3) is 11.8 Å². The van der Waals surface area contributed by atoms with Gasteiger partial charge < -0.3 is 20.3 Å². The molecule has 4 saturated heterocycles. The molecule has 4 amide bonds. The number of likely N-dealkylation sites (tertiary alicyclic amines) is 2. The van der Waals surface area contributed by atoms with E-state index < -0.39 is 51.0 Å². The number of piperazine rings is 1. The van der Waals surface area contributed by atoms with Crippen LogP contribution in [0.4, 0.5) is 33.2 Å². The number of carbonyl (C=O) groups is 4.